The maximum absolute atomic E-state index is 12.2. The molecular weight excluding hydrogens is 1070 g/mol. The molecule has 0 aliphatic heterocycles. The first-order valence-corrected chi connectivity index (χ1v) is 26.3. The largest absolute Gasteiger partial charge is 0.505 e. The Morgan fingerprint density at radius 3 is 1.41 bits per heavy atom. The number of hydrogen-bond donors (Lipinski definition) is 3. The molecule has 3 N–H and O–H groups in total. The summed E-state index contributed by atoms with van der Waals surface area (Å²) in [5, 5.41) is 47.1. The summed E-state index contributed by atoms with van der Waals surface area (Å²) in [5.41, 5.74) is 7.36. The molecule has 0 aliphatic carbocycles. The Morgan fingerprint density at radius 2 is 0.882 bits per heavy atom. The monoisotopic (exact) mass is 1100 g/mol. The number of isocyanates is 1. The highest BCUT2D eigenvalue weighted by Gasteiger charge is 2.22. The number of aromatic hydroxyl groups is 1. The maximum Gasteiger partial charge on any atom is 0.437 e. The van der Waals surface area contributed by atoms with Gasteiger partial charge in [0.15, 0.2) is 5.75 Å². The van der Waals surface area contributed by atoms with Gasteiger partial charge in [-0.1, -0.05) is 41.0 Å². The fraction of sp³-hybridized carbons (Fsp3) is 0.0816. The number of nitrogens with zero attached hydrogens (tertiary/aromatic N) is 9. The number of carbonyl (C=O) groups excluding carboxylic acids is 1. The van der Waals surface area contributed by atoms with Crippen molar-refractivity contribution in [2.75, 3.05) is 0 Å². The minimum atomic E-state index is -4.80. The SMILES string of the molecule is Cc1cc(N=Nc2cc(C)c(N=Nc3ccc4cc([N+](=C=O)c5ccccc5)ccc4c3O)cc2C)ccc1N=Nc1ccc(N=Nc2cc3c(S(=O)(=O)O)cccc3cc2S(=O)(=O)O)c(C)c1.O=S(=O)=O.O=S(=O)=O. The van der Waals surface area contributed by atoms with Crippen molar-refractivity contribution in [2.45, 2.75) is 37.5 Å². The smallest absolute Gasteiger partial charge is 0.437 e. The quantitative estimate of drug-likeness (QED) is 0.0337. The molecule has 8 aromatic rings. The van der Waals surface area contributed by atoms with Gasteiger partial charge in [0.05, 0.1) is 34.1 Å². The molecule has 0 aliphatic rings. The second kappa shape index (κ2) is 24.3. The molecule has 0 atom stereocenters. The molecule has 0 amide bonds. The molecule has 0 fully saturated rings. The van der Waals surface area contributed by atoms with Gasteiger partial charge in [0, 0.05) is 35.0 Å². The molecule has 0 aromatic heterocycles. The van der Waals surface area contributed by atoms with E-state index in [-0.39, 0.29) is 27.9 Å². The third kappa shape index (κ3) is 14.6. The van der Waals surface area contributed by atoms with E-state index in [9.17, 15) is 35.8 Å². The van der Waals surface area contributed by atoms with Crippen LogP contribution in [0.1, 0.15) is 22.3 Å². The van der Waals surface area contributed by atoms with Crippen molar-refractivity contribution >= 4 is 126 Å². The second-order valence-corrected chi connectivity index (χ2v) is 19.5. The molecule has 0 radical (unpaired) electrons. The number of benzene rings is 8. The molecule has 8 aromatic carbocycles. The molecule has 23 nitrogen and oxygen atoms in total. The van der Waals surface area contributed by atoms with Gasteiger partial charge < -0.3 is 5.11 Å². The van der Waals surface area contributed by atoms with Crippen LogP contribution >= 0.6 is 0 Å². The van der Waals surface area contributed by atoms with Gasteiger partial charge in [0.1, 0.15) is 21.2 Å². The average molecular weight is 1110 g/mol. The summed E-state index contributed by atoms with van der Waals surface area (Å²) in [6.45, 7) is 7.35. The molecule has 0 bridgehead atoms. The fourth-order valence-corrected chi connectivity index (χ4v) is 8.53. The first-order valence-electron chi connectivity index (χ1n) is 21.5. The van der Waals surface area contributed by atoms with Crippen molar-refractivity contribution < 1.29 is 61.1 Å². The number of azo groups is 4. The highest BCUT2D eigenvalue weighted by molar-refractivity contribution is 7.86. The molecule has 76 heavy (non-hydrogen) atoms. The first kappa shape index (κ1) is 56.2. The lowest BCUT2D eigenvalue weighted by atomic mass is 10.1. The summed E-state index contributed by atoms with van der Waals surface area (Å²) in [4.78, 5) is 10.8. The minimum absolute atomic E-state index is 0.0152. The third-order valence-electron chi connectivity index (χ3n) is 10.7. The Morgan fingerprint density at radius 1 is 0.421 bits per heavy atom. The molecule has 27 heteroatoms. The van der Waals surface area contributed by atoms with E-state index in [1.54, 1.807) is 67.6 Å². The van der Waals surface area contributed by atoms with Crippen LogP contribution in [0.4, 0.5) is 56.9 Å². The van der Waals surface area contributed by atoms with E-state index in [2.05, 4.69) is 40.9 Å². The van der Waals surface area contributed by atoms with Crippen LogP contribution < -0.4 is 4.58 Å². The second-order valence-electron chi connectivity index (χ2n) is 15.9. The third-order valence-corrected chi connectivity index (χ3v) is 12.5. The number of rotatable bonds is 12. The Labute approximate surface area is 435 Å². The van der Waals surface area contributed by atoms with E-state index in [1.165, 1.54) is 16.7 Å². The molecule has 0 heterocycles. The first-order chi connectivity index (χ1) is 35.9. The molecule has 0 unspecified atom stereocenters. The van der Waals surface area contributed by atoms with E-state index in [1.807, 2.05) is 75.4 Å². The van der Waals surface area contributed by atoms with Crippen LogP contribution in [0.3, 0.4) is 0 Å². The van der Waals surface area contributed by atoms with Crippen LogP contribution in [-0.2, 0) is 46.2 Å². The predicted molar refractivity (Wildman–Crippen MR) is 277 cm³/mol. The van der Waals surface area contributed by atoms with E-state index in [0.29, 0.717) is 61.8 Å². The highest BCUT2D eigenvalue weighted by Crippen LogP contribution is 2.40. The Balaban J connectivity index is 0.00000109. The molecule has 0 saturated heterocycles. The number of phenolic OH excluding ortho intramolecular Hbond substituents is 1. The lowest BCUT2D eigenvalue weighted by Gasteiger charge is -2.08. The minimum Gasteiger partial charge on any atom is -0.505 e. The molecular formula is C49H38N9O14S4+. The average Bonchev–Trinajstić information content (AvgIpc) is 3.35. The van der Waals surface area contributed by atoms with Gasteiger partial charge in [-0.25, -0.2) is 0 Å². The van der Waals surface area contributed by atoms with Crippen LogP contribution in [0.5, 0.6) is 5.75 Å². The zero-order valence-electron chi connectivity index (χ0n) is 39.8. The number of aryl methyl sites for hydroxylation is 4. The van der Waals surface area contributed by atoms with E-state index in [0.717, 1.165) is 34.9 Å². The summed E-state index contributed by atoms with van der Waals surface area (Å²) >= 11 is 0. The number of hydrogen-bond acceptors (Lipinski definition) is 20. The summed E-state index contributed by atoms with van der Waals surface area (Å²) in [7, 11) is -15.7. The maximum atomic E-state index is 12.2. The molecule has 0 spiro atoms. The number of fused-ring (bicyclic) bond motifs is 2. The summed E-state index contributed by atoms with van der Waals surface area (Å²) in [6.07, 6.45) is 1.96. The summed E-state index contributed by atoms with van der Waals surface area (Å²) in [5.74, 6) is -0.0447. The van der Waals surface area contributed by atoms with Gasteiger partial charge in [-0.2, -0.15) is 52.3 Å². The van der Waals surface area contributed by atoms with Crippen molar-refractivity contribution in [3.8, 4) is 5.75 Å². The topological polar surface area (TPSA) is 350 Å². The zero-order chi connectivity index (χ0) is 55.5. The van der Waals surface area contributed by atoms with E-state index >= 15 is 0 Å². The van der Waals surface area contributed by atoms with Crippen molar-refractivity contribution in [3.63, 3.8) is 0 Å². The van der Waals surface area contributed by atoms with Crippen LogP contribution in [-0.4, -0.2) is 62.4 Å². The summed E-state index contributed by atoms with van der Waals surface area (Å²) in [6, 6.07) is 37.9. The summed E-state index contributed by atoms with van der Waals surface area (Å²) < 4.78 is 120. The van der Waals surface area contributed by atoms with Gasteiger partial charge in [-0.05, 0) is 140 Å². The standard InChI is InChI=1S/C49H37N9O8S2.2O3S/c1-29-21-36(14-19-41(29)52-50-35-15-20-42(30(2)22-35)53-57-46-27-40-33(26-48(46)68(64,65)66)9-8-12-47(40)67(61,62)63)51-55-44-23-32(4)45(24-31(44)3)56-54-43-18-13-34-25-38(16-17-39(34)49(43)60)58(28-59)37-10-6-5-7-11-37;2*1-4(2)3/h5-27H,1-4H3,(H2-,50,51,56,57,60,61,62,63,64,65,66);;/p+1. The number of para-hydroxylation sites is 1. The van der Waals surface area contributed by atoms with Gasteiger partial charge in [-0.3, -0.25) is 9.11 Å². The van der Waals surface area contributed by atoms with Gasteiger partial charge in [-0.15, -0.1) is 35.5 Å². The van der Waals surface area contributed by atoms with Crippen LogP contribution in [0.15, 0.2) is 190 Å². The zero-order valence-corrected chi connectivity index (χ0v) is 43.0. The van der Waals surface area contributed by atoms with Gasteiger partial charge >= 0.3 is 27.3 Å². The van der Waals surface area contributed by atoms with Crippen molar-refractivity contribution in [1.29, 1.82) is 0 Å². The van der Waals surface area contributed by atoms with Crippen LogP contribution in [0.25, 0.3) is 21.5 Å². The fourth-order valence-electron chi connectivity index (χ4n) is 7.18. The van der Waals surface area contributed by atoms with Crippen molar-refractivity contribution in [2.24, 2.45) is 40.9 Å². The van der Waals surface area contributed by atoms with Crippen molar-refractivity contribution in [1.82, 2.24) is 4.58 Å². The highest BCUT2D eigenvalue weighted by atomic mass is 32.2. The molecule has 0 saturated carbocycles. The van der Waals surface area contributed by atoms with Gasteiger partial charge in [0.25, 0.3) is 20.2 Å². The number of phenols is 1. The lowest BCUT2D eigenvalue weighted by molar-refractivity contribution is 0.482. The predicted octanol–water partition coefficient (Wildman–Crippen LogP) is 12.2. The lowest BCUT2D eigenvalue weighted by Crippen LogP contribution is -2.01. The molecule has 386 valence electrons. The Hall–Kier alpha value is -9.08. The van der Waals surface area contributed by atoms with Gasteiger partial charge in [0.2, 0.25) is 11.4 Å². The molecule has 8 rings (SSSR count). The Bertz CT molecular complexity index is 4230. The normalized spacial score (nSPS) is 11.7. The Kier molecular flexibility index (Phi) is 18.0. The van der Waals surface area contributed by atoms with E-state index in [4.69, 9.17) is 25.3 Å². The van der Waals surface area contributed by atoms with Crippen LogP contribution in [0, 0.1) is 27.7 Å². The van der Waals surface area contributed by atoms with Crippen molar-refractivity contribution in [3.05, 3.63) is 162 Å². The van der Waals surface area contributed by atoms with Crippen LogP contribution in [0.2, 0.25) is 0 Å². The van der Waals surface area contributed by atoms with E-state index < -0.39 is 51.2 Å².